The maximum Gasteiger partial charge on any atom is 0.198 e. The summed E-state index contributed by atoms with van der Waals surface area (Å²) in [4.78, 5) is 6.83. The van der Waals surface area contributed by atoms with Gasteiger partial charge < -0.3 is 10.7 Å². The summed E-state index contributed by atoms with van der Waals surface area (Å²) in [5.41, 5.74) is 6.55. The average Bonchev–Trinajstić information content (AvgIpc) is 1.85. The summed E-state index contributed by atoms with van der Waals surface area (Å²) in [6.07, 6.45) is 2.05. The second-order valence-electron chi connectivity index (χ2n) is 2.39. The number of H-pyrrole nitrogens is 1. The number of hydrogen-bond acceptors (Lipinski definition) is 3. The van der Waals surface area contributed by atoms with E-state index in [4.69, 9.17) is 18.0 Å². The number of nitrogen functional groups attached to an aromatic ring is 1. The summed E-state index contributed by atoms with van der Waals surface area (Å²) in [6.45, 7) is 2.10. The van der Waals surface area contributed by atoms with Gasteiger partial charge in [0, 0.05) is 5.69 Å². The normalized spacial score (nSPS) is 9.91. The minimum Gasteiger partial charge on any atom is -0.384 e. The Hall–Kier alpha value is -0.900. The van der Waals surface area contributed by atoms with Gasteiger partial charge >= 0.3 is 0 Å². The smallest absolute Gasteiger partial charge is 0.198 e. The van der Waals surface area contributed by atoms with Crippen LogP contribution in [-0.2, 0) is 6.42 Å². The fourth-order valence-corrected chi connectivity index (χ4v) is 1.17. The van der Waals surface area contributed by atoms with Crippen LogP contribution in [0.3, 0.4) is 0 Å². The van der Waals surface area contributed by atoms with Crippen LogP contribution in [0.25, 0.3) is 0 Å². The summed E-state index contributed by atoms with van der Waals surface area (Å²) < 4.78 is 0.466. The van der Waals surface area contributed by atoms with Crippen molar-refractivity contribution in [3.8, 4) is 0 Å². The molecule has 0 aliphatic rings. The molecule has 4 heteroatoms. The standard InChI is InChI=1S/C7H11N3S/c1-2-3-5-4-6(8)10-7(11)9-5/h4H,2-3H2,1H3,(H3,8,9,10,11). The third kappa shape index (κ3) is 2.31. The molecule has 1 heterocycles. The van der Waals surface area contributed by atoms with E-state index in [0.717, 1.165) is 18.5 Å². The molecule has 0 fully saturated rings. The third-order valence-electron chi connectivity index (χ3n) is 1.34. The Bertz CT molecular complexity index is 292. The topological polar surface area (TPSA) is 54.7 Å². The lowest BCUT2D eigenvalue weighted by molar-refractivity contribution is 0.869. The lowest BCUT2D eigenvalue weighted by Crippen LogP contribution is -1.96. The van der Waals surface area contributed by atoms with Crippen LogP contribution < -0.4 is 5.73 Å². The summed E-state index contributed by atoms with van der Waals surface area (Å²) in [7, 11) is 0. The minimum atomic E-state index is 0.466. The number of aryl methyl sites for hydroxylation is 1. The van der Waals surface area contributed by atoms with Crippen molar-refractivity contribution in [1.82, 2.24) is 9.97 Å². The molecule has 1 aromatic rings. The number of nitrogens with one attached hydrogen (secondary N) is 1. The van der Waals surface area contributed by atoms with Gasteiger partial charge in [-0.3, -0.25) is 0 Å². The average molecular weight is 169 g/mol. The molecule has 1 rings (SSSR count). The van der Waals surface area contributed by atoms with E-state index in [1.807, 2.05) is 6.07 Å². The van der Waals surface area contributed by atoms with E-state index in [0.29, 0.717) is 10.6 Å². The van der Waals surface area contributed by atoms with Crippen molar-refractivity contribution in [3.05, 3.63) is 16.5 Å². The van der Waals surface area contributed by atoms with E-state index in [-0.39, 0.29) is 0 Å². The quantitative estimate of drug-likeness (QED) is 0.662. The van der Waals surface area contributed by atoms with E-state index in [1.165, 1.54) is 0 Å². The van der Waals surface area contributed by atoms with Gasteiger partial charge in [-0.05, 0) is 24.7 Å². The fraction of sp³-hybridized carbons (Fsp3) is 0.429. The first kappa shape index (κ1) is 8.20. The summed E-state index contributed by atoms with van der Waals surface area (Å²) >= 11 is 4.85. The molecule has 0 aliphatic carbocycles. The summed E-state index contributed by atoms with van der Waals surface area (Å²) in [6, 6.07) is 1.82. The maximum atomic E-state index is 5.49. The number of anilines is 1. The van der Waals surface area contributed by atoms with Crippen molar-refractivity contribution in [1.29, 1.82) is 0 Å². The Balaban J connectivity index is 2.99. The first-order valence-corrected chi connectivity index (χ1v) is 3.99. The highest BCUT2D eigenvalue weighted by atomic mass is 32.1. The van der Waals surface area contributed by atoms with Gasteiger partial charge in [0.1, 0.15) is 5.82 Å². The number of rotatable bonds is 2. The molecule has 3 nitrogen and oxygen atoms in total. The number of aromatic nitrogens is 2. The van der Waals surface area contributed by atoms with E-state index in [9.17, 15) is 0 Å². The van der Waals surface area contributed by atoms with Crippen molar-refractivity contribution in [3.63, 3.8) is 0 Å². The molecular formula is C7H11N3S. The molecule has 0 bridgehead atoms. The van der Waals surface area contributed by atoms with Crippen LogP contribution in [0.2, 0.25) is 0 Å². The van der Waals surface area contributed by atoms with Crippen LogP contribution in [0.5, 0.6) is 0 Å². The Kier molecular flexibility index (Phi) is 2.59. The second-order valence-corrected chi connectivity index (χ2v) is 2.77. The van der Waals surface area contributed by atoms with Gasteiger partial charge in [0.05, 0.1) is 0 Å². The van der Waals surface area contributed by atoms with Gasteiger partial charge in [-0.2, -0.15) is 0 Å². The van der Waals surface area contributed by atoms with Crippen molar-refractivity contribution >= 4 is 18.0 Å². The number of nitrogens with two attached hydrogens (primary N) is 1. The van der Waals surface area contributed by atoms with Gasteiger partial charge in [-0.15, -0.1) is 0 Å². The molecule has 0 saturated carbocycles. The molecule has 0 aromatic carbocycles. The lowest BCUT2D eigenvalue weighted by Gasteiger charge is -1.98. The molecule has 0 amide bonds. The Morgan fingerprint density at radius 3 is 3.00 bits per heavy atom. The fourth-order valence-electron chi connectivity index (χ4n) is 0.933. The van der Waals surface area contributed by atoms with Crippen LogP contribution >= 0.6 is 12.2 Å². The van der Waals surface area contributed by atoms with Gasteiger partial charge in [0.25, 0.3) is 0 Å². The molecule has 60 valence electrons. The SMILES string of the molecule is CCCc1cc(N)nc(=S)[nH]1. The zero-order valence-electron chi connectivity index (χ0n) is 6.42. The first-order chi connectivity index (χ1) is 5.22. The van der Waals surface area contributed by atoms with Crippen LogP contribution in [0.1, 0.15) is 19.0 Å². The third-order valence-corrected chi connectivity index (χ3v) is 1.53. The van der Waals surface area contributed by atoms with Crippen molar-refractivity contribution in [2.45, 2.75) is 19.8 Å². The van der Waals surface area contributed by atoms with Crippen molar-refractivity contribution in [2.24, 2.45) is 0 Å². The molecule has 0 radical (unpaired) electrons. The zero-order valence-corrected chi connectivity index (χ0v) is 7.24. The lowest BCUT2D eigenvalue weighted by atomic mass is 10.2. The maximum absolute atomic E-state index is 5.49. The Morgan fingerprint density at radius 2 is 2.45 bits per heavy atom. The first-order valence-electron chi connectivity index (χ1n) is 3.58. The van der Waals surface area contributed by atoms with Gasteiger partial charge in [0.15, 0.2) is 4.77 Å². The molecule has 0 aliphatic heterocycles. The Morgan fingerprint density at radius 1 is 1.73 bits per heavy atom. The highest BCUT2D eigenvalue weighted by Crippen LogP contribution is 2.02. The highest BCUT2D eigenvalue weighted by Gasteiger charge is 1.93. The van der Waals surface area contributed by atoms with E-state index >= 15 is 0 Å². The molecule has 0 unspecified atom stereocenters. The highest BCUT2D eigenvalue weighted by molar-refractivity contribution is 7.71. The zero-order chi connectivity index (χ0) is 8.27. The molecule has 3 N–H and O–H groups in total. The number of nitrogens with zero attached hydrogens (tertiary/aromatic N) is 1. The second kappa shape index (κ2) is 3.48. The van der Waals surface area contributed by atoms with Crippen LogP contribution in [0.15, 0.2) is 6.07 Å². The van der Waals surface area contributed by atoms with Crippen molar-refractivity contribution < 1.29 is 0 Å². The van der Waals surface area contributed by atoms with Gasteiger partial charge in [-0.25, -0.2) is 4.98 Å². The monoisotopic (exact) mass is 169 g/mol. The van der Waals surface area contributed by atoms with Crippen LogP contribution in [0, 0.1) is 4.77 Å². The predicted molar refractivity (Wildman–Crippen MR) is 47.8 cm³/mol. The van der Waals surface area contributed by atoms with Gasteiger partial charge in [0.2, 0.25) is 0 Å². The van der Waals surface area contributed by atoms with Crippen LogP contribution in [0.4, 0.5) is 5.82 Å². The van der Waals surface area contributed by atoms with E-state index in [2.05, 4.69) is 16.9 Å². The summed E-state index contributed by atoms with van der Waals surface area (Å²) in [5, 5.41) is 0. The Labute approximate surface area is 70.7 Å². The van der Waals surface area contributed by atoms with Crippen LogP contribution in [-0.4, -0.2) is 9.97 Å². The summed E-state index contributed by atoms with van der Waals surface area (Å²) in [5.74, 6) is 0.497. The molecule has 0 saturated heterocycles. The van der Waals surface area contributed by atoms with E-state index in [1.54, 1.807) is 0 Å². The van der Waals surface area contributed by atoms with Gasteiger partial charge in [-0.1, -0.05) is 13.3 Å². The molecule has 0 atom stereocenters. The van der Waals surface area contributed by atoms with Crippen molar-refractivity contribution in [2.75, 3.05) is 5.73 Å². The molecule has 1 aromatic heterocycles. The minimum absolute atomic E-state index is 0.466. The largest absolute Gasteiger partial charge is 0.384 e. The predicted octanol–water partition coefficient (Wildman–Crippen LogP) is 1.67. The number of aromatic amines is 1. The van der Waals surface area contributed by atoms with E-state index < -0.39 is 0 Å². The molecule has 0 spiro atoms. The molecular weight excluding hydrogens is 158 g/mol. The number of hydrogen-bond donors (Lipinski definition) is 2. The molecule has 11 heavy (non-hydrogen) atoms.